The molecule has 2 aromatic rings. The molecule has 3 amide bonds. The molecule has 4 N–H and O–H groups in total. The number of imide groups is 1. The van der Waals surface area contributed by atoms with E-state index in [2.05, 4.69) is 32.0 Å². The van der Waals surface area contributed by atoms with Gasteiger partial charge in [0.1, 0.15) is 11.4 Å². The number of hydrogen-bond donors (Lipinski definition) is 4. The van der Waals surface area contributed by atoms with Gasteiger partial charge < -0.3 is 15.7 Å². The molecule has 1 heterocycles. The molecule has 0 spiro atoms. The number of hydrazine groups is 1. The van der Waals surface area contributed by atoms with E-state index in [1.54, 1.807) is 19.1 Å². The van der Waals surface area contributed by atoms with Crippen molar-refractivity contribution in [1.82, 2.24) is 15.8 Å². The maximum Gasteiger partial charge on any atom is 0.339 e. The van der Waals surface area contributed by atoms with Crippen molar-refractivity contribution in [2.24, 2.45) is 0 Å². The fraction of sp³-hybridized carbons (Fsp3) is 0.263. The lowest BCUT2D eigenvalue weighted by atomic mass is 9.93. The van der Waals surface area contributed by atoms with E-state index in [0.29, 0.717) is 16.5 Å². The van der Waals surface area contributed by atoms with Crippen molar-refractivity contribution in [3.8, 4) is 5.75 Å². The summed E-state index contributed by atoms with van der Waals surface area (Å²) >= 11 is 3.16. The second-order valence-corrected chi connectivity index (χ2v) is 7.74. The van der Waals surface area contributed by atoms with Gasteiger partial charge in [-0.2, -0.15) is 5.01 Å². The first kappa shape index (κ1) is 21.0. The molecule has 1 aliphatic heterocycles. The lowest BCUT2D eigenvalue weighted by Crippen LogP contribution is -2.48. The van der Waals surface area contributed by atoms with E-state index < -0.39 is 34.9 Å². The second-order valence-electron chi connectivity index (χ2n) is 6.82. The Bertz CT molecular complexity index is 959. The maximum absolute atomic E-state index is 13.8. The molecule has 29 heavy (non-hydrogen) atoms. The van der Waals surface area contributed by atoms with Gasteiger partial charge in [0.2, 0.25) is 0 Å². The Labute approximate surface area is 174 Å². The average molecular weight is 469 g/mol. The number of anilines is 1. The number of rotatable bonds is 7. The van der Waals surface area contributed by atoms with Crippen molar-refractivity contribution in [2.45, 2.75) is 25.3 Å². The highest BCUT2D eigenvalue weighted by Crippen LogP contribution is 2.24. The first-order chi connectivity index (χ1) is 13.7. The zero-order valence-corrected chi connectivity index (χ0v) is 17.0. The third kappa shape index (κ3) is 4.65. The van der Waals surface area contributed by atoms with Crippen LogP contribution in [-0.2, 0) is 11.2 Å². The molecule has 0 saturated carbocycles. The third-order valence-corrected chi connectivity index (χ3v) is 5.13. The number of phenols is 1. The van der Waals surface area contributed by atoms with Crippen LogP contribution < -0.4 is 16.1 Å². The van der Waals surface area contributed by atoms with Gasteiger partial charge in [-0.1, -0.05) is 22.0 Å². The SMILES string of the molecule is CC1(CCc2ccc(O)c(F)c2)NC(=O)N(NCNc2ccc(Br)cc2F)C1=O. The number of nitrogens with one attached hydrogen (secondary N) is 3. The number of phenolic OH excluding ortho intramolecular Hbond substituents is 1. The van der Waals surface area contributed by atoms with Crippen LogP contribution in [-0.4, -0.2) is 34.3 Å². The molecule has 154 valence electrons. The van der Waals surface area contributed by atoms with Crippen LogP contribution in [0.3, 0.4) is 0 Å². The van der Waals surface area contributed by atoms with Crippen LogP contribution in [0.5, 0.6) is 5.75 Å². The monoisotopic (exact) mass is 468 g/mol. The van der Waals surface area contributed by atoms with E-state index in [1.165, 1.54) is 24.3 Å². The first-order valence-corrected chi connectivity index (χ1v) is 9.55. The van der Waals surface area contributed by atoms with Gasteiger partial charge in [0, 0.05) is 4.47 Å². The first-order valence-electron chi connectivity index (χ1n) is 8.76. The summed E-state index contributed by atoms with van der Waals surface area (Å²) in [7, 11) is 0. The molecule has 7 nitrogen and oxygen atoms in total. The number of halogens is 3. The molecular weight excluding hydrogens is 450 g/mol. The number of hydrogen-bond acceptors (Lipinski definition) is 5. The molecule has 0 aromatic heterocycles. The molecular formula is C19H19BrF2N4O3. The van der Waals surface area contributed by atoms with Crippen LogP contribution in [0.15, 0.2) is 40.9 Å². The number of carbonyl (C=O) groups excluding carboxylic acids is 2. The van der Waals surface area contributed by atoms with E-state index in [1.807, 2.05) is 0 Å². The summed E-state index contributed by atoms with van der Waals surface area (Å²) in [5.41, 5.74) is 2.25. The molecule has 1 aliphatic rings. The van der Waals surface area contributed by atoms with Gasteiger partial charge in [0.05, 0.1) is 12.4 Å². The molecule has 0 bridgehead atoms. The van der Waals surface area contributed by atoms with Crippen molar-refractivity contribution < 1.29 is 23.5 Å². The van der Waals surface area contributed by atoms with E-state index in [4.69, 9.17) is 0 Å². The molecule has 1 unspecified atom stereocenters. The summed E-state index contributed by atoms with van der Waals surface area (Å²) in [6, 6.07) is 7.81. The summed E-state index contributed by atoms with van der Waals surface area (Å²) in [4.78, 5) is 24.9. The minimum atomic E-state index is -1.18. The number of aryl methyl sites for hydroxylation is 1. The van der Waals surface area contributed by atoms with Gasteiger partial charge in [-0.3, -0.25) is 4.79 Å². The Balaban J connectivity index is 1.58. The van der Waals surface area contributed by atoms with Crippen LogP contribution in [0, 0.1) is 11.6 Å². The number of aromatic hydroxyl groups is 1. The second kappa shape index (κ2) is 8.34. The Morgan fingerprint density at radius 3 is 2.62 bits per heavy atom. The van der Waals surface area contributed by atoms with Crippen molar-refractivity contribution in [1.29, 1.82) is 0 Å². The zero-order valence-electron chi connectivity index (χ0n) is 15.4. The van der Waals surface area contributed by atoms with E-state index in [9.17, 15) is 23.5 Å². The molecule has 0 aliphatic carbocycles. The van der Waals surface area contributed by atoms with Crippen molar-refractivity contribution >= 4 is 33.6 Å². The van der Waals surface area contributed by atoms with Gasteiger partial charge in [0.25, 0.3) is 5.91 Å². The maximum atomic E-state index is 13.8. The Kier molecular flexibility index (Phi) is 6.04. The van der Waals surface area contributed by atoms with Gasteiger partial charge >= 0.3 is 6.03 Å². The smallest absolute Gasteiger partial charge is 0.339 e. The van der Waals surface area contributed by atoms with Crippen molar-refractivity contribution in [3.05, 3.63) is 58.1 Å². The van der Waals surface area contributed by atoms with Gasteiger partial charge in [-0.05, 0) is 55.7 Å². The van der Waals surface area contributed by atoms with E-state index >= 15 is 0 Å². The third-order valence-electron chi connectivity index (χ3n) is 4.63. The van der Waals surface area contributed by atoms with Gasteiger partial charge in [0.15, 0.2) is 11.6 Å². The Morgan fingerprint density at radius 2 is 1.93 bits per heavy atom. The summed E-state index contributed by atoms with van der Waals surface area (Å²) in [5.74, 6) is -2.18. The molecule has 0 radical (unpaired) electrons. The van der Waals surface area contributed by atoms with Gasteiger partial charge in [-0.15, -0.1) is 0 Å². The fourth-order valence-corrected chi connectivity index (χ4v) is 3.28. The van der Waals surface area contributed by atoms with Crippen molar-refractivity contribution in [3.63, 3.8) is 0 Å². The van der Waals surface area contributed by atoms with Crippen LogP contribution in [0.2, 0.25) is 0 Å². The highest BCUT2D eigenvalue weighted by Gasteiger charge is 2.47. The summed E-state index contributed by atoms with van der Waals surface area (Å²) in [5, 5.41) is 15.5. The van der Waals surface area contributed by atoms with E-state index in [-0.39, 0.29) is 18.8 Å². The predicted octanol–water partition coefficient (Wildman–Crippen LogP) is 3.25. The molecule has 2 aromatic carbocycles. The van der Waals surface area contributed by atoms with Crippen LogP contribution >= 0.6 is 15.9 Å². The lowest BCUT2D eigenvalue weighted by molar-refractivity contribution is -0.133. The minimum Gasteiger partial charge on any atom is -0.505 e. The van der Waals surface area contributed by atoms with Crippen LogP contribution in [0.25, 0.3) is 0 Å². The number of amides is 3. The topological polar surface area (TPSA) is 93.7 Å². The summed E-state index contributed by atoms with van der Waals surface area (Å²) in [6.45, 7) is 1.52. The quantitative estimate of drug-likeness (QED) is 0.369. The standard InChI is InChI=1S/C19H19BrF2N4O3/c1-19(7-6-11-2-5-16(27)14(22)8-11)17(28)26(18(29)25-19)24-10-23-15-4-3-12(20)9-13(15)21/h2-5,8-9,23-24,27H,6-7,10H2,1H3,(H,25,29). The zero-order chi connectivity index (χ0) is 21.2. The average Bonchev–Trinajstić information content (AvgIpc) is 2.87. The van der Waals surface area contributed by atoms with Crippen LogP contribution in [0.4, 0.5) is 19.3 Å². The predicted molar refractivity (Wildman–Crippen MR) is 106 cm³/mol. The molecule has 10 heteroatoms. The number of nitrogens with zero attached hydrogens (tertiary/aromatic N) is 1. The highest BCUT2D eigenvalue weighted by molar-refractivity contribution is 9.10. The van der Waals surface area contributed by atoms with Crippen molar-refractivity contribution in [2.75, 3.05) is 12.0 Å². The van der Waals surface area contributed by atoms with E-state index in [0.717, 1.165) is 5.01 Å². The molecule has 3 rings (SSSR count). The highest BCUT2D eigenvalue weighted by atomic mass is 79.9. The number of carbonyl (C=O) groups is 2. The van der Waals surface area contributed by atoms with Crippen LogP contribution in [0.1, 0.15) is 18.9 Å². The largest absolute Gasteiger partial charge is 0.505 e. The summed E-state index contributed by atoms with van der Waals surface area (Å²) < 4.78 is 27.9. The molecule has 1 atom stereocenters. The molecule has 1 saturated heterocycles. The fourth-order valence-electron chi connectivity index (χ4n) is 2.94. The number of urea groups is 1. The minimum absolute atomic E-state index is 0.0586. The normalized spacial score (nSPS) is 18.8. The molecule has 1 fully saturated rings. The lowest BCUT2D eigenvalue weighted by Gasteiger charge is -2.22. The Morgan fingerprint density at radius 1 is 1.17 bits per heavy atom. The Hall–Kier alpha value is -2.72. The van der Waals surface area contributed by atoms with Gasteiger partial charge in [-0.25, -0.2) is 19.0 Å². The summed E-state index contributed by atoms with van der Waals surface area (Å²) in [6.07, 6.45) is 0.546. The number of benzene rings is 2.